The van der Waals surface area contributed by atoms with Crippen molar-refractivity contribution in [3.05, 3.63) is 11.8 Å². The summed E-state index contributed by atoms with van der Waals surface area (Å²) in [5.41, 5.74) is 0. The predicted octanol–water partition coefficient (Wildman–Crippen LogP) is 2.29. The fourth-order valence-corrected chi connectivity index (χ4v) is 2.60. The minimum atomic E-state index is 0.600. The van der Waals surface area contributed by atoms with E-state index in [0.717, 1.165) is 11.8 Å². The predicted molar refractivity (Wildman–Crippen MR) is 61.8 cm³/mol. The molecular weight excluding hydrogens is 202 g/mol. The maximum Gasteiger partial charge on any atom is 0.230 e. The van der Waals surface area contributed by atoms with Gasteiger partial charge in [-0.3, -0.25) is 0 Å². The summed E-state index contributed by atoms with van der Waals surface area (Å²) in [5, 5.41) is 11.3. The van der Waals surface area contributed by atoms with Crippen molar-refractivity contribution in [1.82, 2.24) is 15.5 Å². The van der Waals surface area contributed by atoms with E-state index in [1.54, 1.807) is 0 Å². The Bertz CT molecular complexity index is 337. The Labute approximate surface area is 96.8 Å². The minimum absolute atomic E-state index is 0.600. The van der Waals surface area contributed by atoms with Gasteiger partial charge in [0.1, 0.15) is 0 Å². The fraction of sp³-hybridized carbons (Fsp3) is 0.833. The van der Waals surface area contributed by atoms with Gasteiger partial charge >= 0.3 is 0 Å². The summed E-state index contributed by atoms with van der Waals surface area (Å²) in [6, 6.07) is 0.600. The molecule has 3 atom stereocenters. The van der Waals surface area contributed by atoms with Gasteiger partial charge in [-0.1, -0.05) is 13.8 Å². The number of nitrogens with zero attached hydrogens (tertiary/aromatic N) is 2. The van der Waals surface area contributed by atoms with Crippen LogP contribution in [-0.4, -0.2) is 16.2 Å². The molecule has 0 amide bonds. The summed E-state index contributed by atoms with van der Waals surface area (Å²) in [6.07, 6.45) is 3.90. The van der Waals surface area contributed by atoms with Gasteiger partial charge in [-0.15, -0.1) is 10.2 Å². The lowest BCUT2D eigenvalue weighted by molar-refractivity contribution is 0.222. The average molecular weight is 223 g/mol. The van der Waals surface area contributed by atoms with Crippen LogP contribution in [0, 0.1) is 18.8 Å². The van der Waals surface area contributed by atoms with Crippen LogP contribution in [0.1, 0.15) is 44.9 Å². The Morgan fingerprint density at radius 2 is 2.12 bits per heavy atom. The Morgan fingerprint density at radius 1 is 1.31 bits per heavy atom. The summed E-state index contributed by atoms with van der Waals surface area (Å²) < 4.78 is 5.35. The quantitative estimate of drug-likeness (QED) is 0.854. The number of aromatic nitrogens is 2. The molecule has 1 aliphatic carbocycles. The van der Waals surface area contributed by atoms with Gasteiger partial charge < -0.3 is 9.73 Å². The maximum atomic E-state index is 5.35. The summed E-state index contributed by atoms with van der Waals surface area (Å²) in [5.74, 6) is 2.96. The lowest BCUT2D eigenvalue weighted by atomic mass is 9.80. The van der Waals surface area contributed by atoms with E-state index in [1.165, 1.54) is 19.3 Å². The van der Waals surface area contributed by atoms with Gasteiger partial charge in [0.2, 0.25) is 11.8 Å². The van der Waals surface area contributed by atoms with Crippen LogP contribution in [0.4, 0.5) is 0 Å². The molecule has 1 heterocycles. The van der Waals surface area contributed by atoms with E-state index in [2.05, 4.69) is 29.4 Å². The Balaban J connectivity index is 1.81. The second-order valence-corrected chi connectivity index (χ2v) is 5.10. The van der Waals surface area contributed by atoms with Crippen LogP contribution in [0.2, 0.25) is 0 Å². The number of nitrogens with one attached hydrogen (secondary N) is 1. The Hall–Kier alpha value is -0.900. The molecule has 3 unspecified atom stereocenters. The van der Waals surface area contributed by atoms with Gasteiger partial charge in [-0.25, -0.2) is 0 Å². The monoisotopic (exact) mass is 223 g/mol. The molecule has 0 radical (unpaired) electrons. The van der Waals surface area contributed by atoms with Gasteiger partial charge in [-0.05, 0) is 31.1 Å². The normalized spacial score (nSPS) is 30.6. The van der Waals surface area contributed by atoms with Gasteiger partial charge in [-0.2, -0.15) is 0 Å². The standard InChI is InChI=1S/C12H21N3O/c1-8-4-5-11(9(2)6-8)13-7-12-15-14-10(3)16-12/h8-9,11,13H,4-7H2,1-3H3. The Morgan fingerprint density at radius 3 is 2.75 bits per heavy atom. The highest BCUT2D eigenvalue weighted by Gasteiger charge is 2.25. The van der Waals surface area contributed by atoms with Crippen LogP contribution in [-0.2, 0) is 6.54 Å². The van der Waals surface area contributed by atoms with Crippen molar-refractivity contribution in [3.8, 4) is 0 Å². The summed E-state index contributed by atoms with van der Waals surface area (Å²) in [6.45, 7) is 7.19. The molecule has 1 aliphatic rings. The molecule has 1 fully saturated rings. The highest BCUT2D eigenvalue weighted by Crippen LogP contribution is 2.28. The van der Waals surface area contributed by atoms with E-state index in [1.807, 2.05) is 6.92 Å². The third-order valence-electron chi connectivity index (χ3n) is 3.51. The summed E-state index contributed by atoms with van der Waals surface area (Å²) >= 11 is 0. The first-order chi connectivity index (χ1) is 7.65. The van der Waals surface area contributed by atoms with Gasteiger partial charge in [0, 0.05) is 13.0 Å². The van der Waals surface area contributed by atoms with Gasteiger partial charge in [0.25, 0.3) is 0 Å². The van der Waals surface area contributed by atoms with Gasteiger partial charge in [0.05, 0.1) is 6.54 Å². The Kier molecular flexibility index (Phi) is 3.59. The molecule has 2 rings (SSSR count). The molecular formula is C12H21N3O. The molecule has 0 aromatic carbocycles. The second kappa shape index (κ2) is 4.95. The first-order valence-corrected chi connectivity index (χ1v) is 6.17. The molecule has 1 aromatic rings. The van der Waals surface area contributed by atoms with E-state index < -0.39 is 0 Å². The van der Waals surface area contributed by atoms with Crippen molar-refractivity contribution < 1.29 is 4.42 Å². The SMILES string of the molecule is Cc1nnc(CNC2CCC(C)CC2C)o1. The van der Waals surface area contributed by atoms with Crippen molar-refractivity contribution in [2.75, 3.05) is 0 Å². The summed E-state index contributed by atoms with van der Waals surface area (Å²) in [7, 11) is 0. The lowest BCUT2D eigenvalue weighted by Crippen LogP contribution is -2.38. The molecule has 4 heteroatoms. The molecule has 0 spiro atoms. The van der Waals surface area contributed by atoms with Crippen molar-refractivity contribution >= 4 is 0 Å². The van der Waals surface area contributed by atoms with Crippen molar-refractivity contribution in [2.45, 2.75) is 52.6 Å². The van der Waals surface area contributed by atoms with E-state index in [9.17, 15) is 0 Å². The molecule has 0 bridgehead atoms. The van der Waals surface area contributed by atoms with E-state index >= 15 is 0 Å². The molecule has 0 saturated heterocycles. The first kappa shape index (κ1) is 11.6. The minimum Gasteiger partial charge on any atom is -0.424 e. The largest absolute Gasteiger partial charge is 0.424 e. The average Bonchev–Trinajstić information content (AvgIpc) is 2.63. The zero-order valence-corrected chi connectivity index (χ0v) is 10.4. The molecule has 1 saturated carbocycles. The fourth-order valence-electron chi connectivity index (χ4n) is 2.60. The molecule has 16 heavy (non-hydrogen) atoms. The third-order valence-corrected chi connectivity index (χ3v) is 3.51. The molecule has 0 aliphatic heterocycles. The third kappa shape index (κ3) is 2.82. The molecule has 4 nitrogen and oxygen atoms in total. The van der Waals surface area contributed by atoms with Crippen molar-refractivity contribution in [2.24, 2.45) is 11.8 Å². The van der Waals surface area contributed by atoms with Crippen LogP contribution in [0.5, 0.6) is 0 Å². The zero-order chi connectivity index (χ0) is 11.5. The first-order valence-electron chi connectivity index (χ1n) is 6.17. The van der Waals surface area contributed by atoms with E-state index in [-0.39, 0.29) is 0 Å². The van der Waals surface area contributed by atoms with Crippen LogP contribution >= 0.6 is 0 Å². The second-order valence-electron chi connectivity index (χ2n) is 5.10. The number of rotatable bonds is 3. The molecule has 1 aromatic heterocycles. The molecule has 90 valence electrons. The van der Waals surface area contributed by atoms with Crippen LogP contribution in [0.15, 0.2) is 4.42 Å². The highest BCUT2D eigenvalue weighted by atomic mass is 16.4. The maximum absolute atomic E-state index is 5.35. The highest BCUT2D eigenvalue weighted by molar-refractivity contribution is 4.84. The summed E-state index contributed by atoms with van der Waals surface area (Å²) in [4.78, 5) is 0. The van der Waals surface area contributed by atoms with Crippen LogP contribution in [0.3, 0.4) is 0 Å². The van der Waals surface area contributed by atoms with E-state index in [4.69, 9.17) is 4.42 Å². The van der Waals surface area contributed by atoms with Crippen molar-refractivity contribution in [1.29, 1.82) is 0 Å². The van der Waals surface area contributed by atoms with E-state index in [0.29, 0.717) is 24.4 Å². The smallest absolute Gasteiger partial charge is 0.230 e. The van der Waals surface area contributed by atoms with Crippen LogP contribution in [0.25, 0.3) is 0 Å². The van der Waals surface area contributed by atoms with Crippen LogP contribution < -0.4 is 5.32 Å². The van der Waals surface area contributed by atoms with Gasteiger partial charge in [0.15, 0.2) is 0 Å². The number of hydrogen-bond donors (Lipinski definition) is 1. The lowest BCUT2D eigenvalue weighted by Gasteiger charge is -2.32. The number of aryl methyl sites for hydroxylation is 1. The topological polar surface area (TPSA) is 51.0 Å². The zero-order valence-electron chi connectivity index (χ0n) is 10.4. The van der Waals surface area contributed by atoms with Crippen molar-refractivity contribution in [3.63, 3.8) is 0 Å². The molecule has 1 N–H and O–H groups in total. The number of hydrogen-bond acceptors (Lipinski definition) is 4.